The van der Waals surface area contributed by atoms with Crippen molar-refractivity contribution >= 4 is 23.9 Å². The Kier molecular flexibility index (Phi) is 3.71. The minimum Gasteiger partial charge on any atom is -0.463 e. The molecule has 0 N–H and O–H groups in total. The van der Waals surface area contributed by atoms with Crippen molar-refractivity contribution in [3.8, 4) is 0 Å². The highest BCUT2D eigenvalue weighted by molar-refractivity contribution is 6.18. The predicted octanol–water partition coefficient (Wildman–Crippen LogP) is 0.0330. The van der Waals surface area contributed by atoms with Gasteiger partial charge in [0.05, 0.1) is 6.61 Å². The lowest BCUT2D eigenvalue weighted by Crippen LogP contribution is -2.47. The van der Waals surface area contributed by atoms with Crippen molar-refractivity contribution < 1.29 is 28.7 Å². The number of likely N-dealkylation sites (N-methyl/N-ethyl adjacent to an activating group) is 2. The van der Waals surface area contributed by atoms with E-state index in [1.807, 2.05) is 0 Å². The van der Waals surface area contributed by atoms with Crippen LogP contribution < -0.4 is 0 Å². The van der Waals surface area contributed by atoms with E-state index in [1.54, 1.807) is 13.8 Å². The molecule has 0 unspecified atom stereocenters. The summed E-state index contributed by atoms with van der Waals surface area (Å²) in [5.41, 5.74) is -1.57. The van der Waals surface area contributed by atoms with Gasteiger partial charge in [0.25, 0.3) is 17.4 Å². The molecule has 2 heterocycles. The molecule has 8 heteroatoms. The van der Waals surface area contributed by atoms with Crippen molar-refractivity contribution in [2.45, 2.75) is 25.9 Å². The number of amides is 3. The highest BCUT2D eigenvalue weighted by Gasteiger charge is 2.64. The lowest BCUT2D eigenvalue weighted by Gasteiger charge is -2.17. The average molecular weight is 296 g/mol. The summed E-state index contributed by atoms with van der Waals surface area (Å²) in [5.74, 6) is -1.97. The molecule has 0 aromatic heterocycles. The van der Waals surface area contributed by atoms with Crippen LogP contribution in [0, 0.1) is 0 Å². The third kappa shape index (κ3) is 2.16. The van der Waals surface area contributed by atoms with E-state index >= 15 is 0 Å². The van der Waals surface area contributed by atoms with E-state index in [0.717, 1.165) is 11.0 Å². The Bertz CT molecular complexity index is 555. The third-order valence-corrected chi connectivity index (χ3v) is 3.44. The number of hydrogen-bond donors (Lipinski definition) is 0. The molecular formula is C13H16N2O6. The first-order valence-electron chi connectivity index (χ1n) is 6.57. The van der Waals surface area contributed by atoms with Crippen LogP contribution in [-0.4, -0.2) is 59.5 Å². The number of carbonyl (C=O) groups excluding carboxylic acids is 4. The lowest BCUT2D eigenvalue weighted by atomic mass is 10.0. The summed E-state index contributed by atoms with van der Waals surface area (Å²) in [6.45, 7) is 3.80. The maximum absolute atomic E-state index is 12.4. The van der Waals surface area contributed by atoms with Crippen LogP contribution in [-0.2, 0) is 23.9 Å². The SMILES string of the molecule is CCOC(=O)/C=C1\C[C@@]2(OC(=O)N(C)C2=O)C(=O)N1CC. The summed E-state index contributed by atoms with van der Waals surface area (Å²) in [7, 11) is 1.25. The van der Waals surface area contributed by atoms with Gasteiger partial charge in [-0.05, 0) is 13.8 Å². The summed E-state index contributed by atoms with van der Waals surface area (Å²) in [5, 5.41) is 0. The van der Waals surface area contributed by atoms with Gasteiger partial charge in [-0.3, -0.25) is 9.59 Å². The van der Waals surface area contributed by atoms with E-state index in [-0.39, 0.29) is 19.6 Å². The fourth-order valence-electron chi connectivity index (χ4n) is 2.43. The standard InChI is InChI=1S/C13H16N2O6/c1-4-15-8(6-9(16)20-5-2)7-13(11(15)18)10(17)14(3)12(19)21-13/h6H,4-5,7H2,1-3H3/b8-6+/t13-/m0/s1. The van der Waals surface area contributed by atoms with E-state index in [9.17, 15) is 19.2 Å². The molecule has 21 heavy (non-hydrogen) atoms. The molecule has 0 aromatic carbocycles. The van der Waals surface area contributed by atoms with Gasteiger partial charge in [0.2, 0.25) is 0 Å². The lowest BCUT2D eigenvalue weighted by molar-refractivity contribution is -0.150. The number of likely N-dealkylation sites (tertiary alicyclic amines) is 1. The molecule has 1 spiro atoms. The van der Waals surface area contributed by atoms with Crippen molar-refractivity contribution in [3.63, 3.8) is 0 Å². The van der Waals surface area contributed by atoms with Crippen molar-refractivity contribution in [1.82, 2.24) is 9.80 Å². The fraction of sp³-hybridized carbons (Fsp3) is 0.538. The van der Waals surface area contributed by atoms with Crippen LogP contribution in [0.4, 0.5) is 4.79 Å². The molecule has 0 saturated carbocycles. The zero-order chi connectivity index (χ0) is 15.8. The molecule has 2 saturated heterocycles. The molecule has 2 aliphatic heterocycles. The van der Waals surface area contributed by atoms with Gasteiger partial charge in [0.15, 0.2) is 0 Å². The van der Waals surface area contributed by atoms with Crippen LogP contribution in [0.2, 0.25) is 0 Å². The number of esters is 1. The van der Waals surface area contributed by atoms with Crippen molar-refractivity contribution in [1.29, 1.82) is 0 Å². The maximum Gasteiger partial charge on any atom is 0.417 e. The van der Waals surface area contributed by atoms with Gasteiger partial charge in [-0.15, -0.1) is 0 Å². The molecule has 0 aliphatic carbocycles. The Hall–Kier alpha value is -2.38. The highest BCUT2D eigenvalue weighted by Crippen LogP contribution is 2.39. The second-order valence-corrected chi connectivity index (χ2v) is 4.67. The largest absolute Gasteiger partial charge is 0.463 e. The van der Waals surface area contributed by atoms with Crippen LogP contribution >= 0.6 is 0 Å². The van der Waals surface area contributed by atoms with Gasteiger partial charge in [0, 0.05) is 31.8 Å². The van der Waals surface area contributed by atoms with Crippen LogP contribution in [0.15, 0.2) is 11.8 Å². The number of nitrogens with zero attached hydrogens (tertiary/aromatic N) is 2. The number of imide groups is 1. The topological polar surface area (TPSA) is 93.2 Å². The summed E-state index contributed by atoms with van der Waals surface area (Å²) in [6.07, 6.45) is 0.119. The van der Waals surface area contributed by atoms with E-state index in [2.05, 4.69) is 0 Å². The smallest absolute Gasteiger partial charge is 0.417 e. The number of carbonyl (C=O) groups is 4. The van der Waals surface area contributed by atoms with Crippen molar-refractivity contribution in [2.75, 3.05) is 20.2 Å². The van der Waals surface area contributed by atoms with Crippen LogP contribution in [0.3, 0.4) is 0 Å². The van der Waals surface area contributed by atoms with Crippen LogP contribution in [0.25, 0.3) is 0 Å². The van der Waals surface area contributed by atoms with Gasteiger partial charge in [-0.25, -0.2) is 14.5 Å². The fourth-order valence-corrected chi connectivity index (χ4v) is 2.43. The molecule has 2 aliphatic rings. The summed E-state index contributed by atoms with van der Waals surface area (Å²) >= 11 is 0. The Morgan fingerprint density at radius 2 is 2.00 bits per heavy atom. The summed E-state index contributed by atoms with van der Waals surface area (Å²) in [4.78, 5) is 49.7. The molecule has 1 atom stereocenters. The van der Waals surface area contributed by atoms with Gasteiger partial charge in [-0.2, -0.15) is 0 Å². The first-order valence-corrected chi connectivity index (χ1v) is 6.57. The maximum atomic E-state index is 12.4. The monoisotopic (exact) mass is 296 g/mol. The van der Waals surface area contributed by atoms with E-state index in [0.29, 0.717) is 5.70 Å². The molecule has 3 amide bonds. The molecule has 0 aromatic rings. The van der Waals surface area contributed by atoms with Gasteiger partial charge in [-0.1, -0.05) is 0 Å². The van der Waals surface area contributed by atoms with E-state index in [4.69, 9.17) is 9.47 Å². The molecule has 8 nitrogen and oxygen atoms in total. The molecular weight excluding hydrogens is 280 g/mol. The highest BCUT2D eigenvalue weighted by atomic mass is 16.6. The quantitative estimate of drug-likeness (QED) is 0.414. The van der Waals surface area contributed by atoms with Gasteiger partial charge < -0.3 is 14.4 Å². The zero-order valence-corrected chi connectivity index (χ0v) is 12.0. The number of ether oxygens (including phenoxy) is 2. The van der Waals surface area contributed by atoms with Crippen molar-refractivity contribution in [3.05, 3.63) is 11.8 Å². The Balaban J connectivity index is 2.37. The predicted molar refractivity (Wildman–Crippen MR) is 68.7 cm³/mol. The second kappa shape index (κ2) is 5.19. The minimum atomic E-state index is -1.87. The van der Waals surface area contributed by atoms with Gasteiger partial charge >= 0.3 is 12.1 Å². The minimum absolute atomic E-state index is 0.159. The Morgan fingerprint density at radius 3 is 2.48 bits per heavy atom. The Labute approximate surface area is 121 Å². The van der Waals surface area contributed by atoms with E-state index in [1.165, 1.54) is 11.9 Å². The molecule has 0 radical (unpaired) electrons. The first kappa shape index (κ1) is 15.0. The van der Waals surface area contributed by atoms with E-state index < -0.39 is 29.5 Å². The zero-order valence-electron chi connectivity index (χ0n) is 12.0. The summed E-state index contributed by atoms with van der Waals surface area (Å²) in [6, 6.07) is 0. The molecule has 2 rings (SSSR count). The average Bonchev–Trinajstić information content (AvgIpc) is 2.81. The Morgan fingerprint density at radius 1 is 1.33 bits per heavy atom. The van der Waals surface area contributed by atoms with Crippen LogP contribution in [0.1, 0.15) is 20.3 Å². The second-order valence-electron chi connectivity index (χ2n) is 4.67. The molecule has 2 fully saturated rings. The first-order chi connectivity index (χ1) is 9.87. The number of hydrogen-bond acceptors (Lipinski definition) is 6. The third-order valence-electron chi connectivity index (χ3n) is 3.44. The normalized spacial score (nSPS) is 27.0. The van der Waals surface area contributed by atoms with Gasteiger partial charge in [0.1, 0.15) is 0 Å². The van der Waals surface area contributed by atoms with Crippen molar-refractivity contribution in [2.24, 2.45) is 0 Å². The van der Waals surface area contributed by atoms with Crippen LogP contribution in [0.5, 0.6) is 0 Å². The summed E-state index contributed by atoms with van der Waals surface area (Å²) < 4.78 is 9.80. The molecule has 114 valence electrons. The number of rotatable bonds is 3. The molecule has 0 bridgehead atoms.